The lowest BCUT2D eigenvalue weighted by molar-refractivity contribution is 0.277. The molecule has 1 aromatic heterocycles. The number of para-hydroxylation sites is 1. The monoisotopic (exact) mass is 288 g/mol. The van der Waals surface area contributed by atoms with E-state index in [0.717, 1.165) is 13.0 Å². The molecule has 1 unspecified atom stereocenters. The molecule has 1 aromatic carbocycles. The lowest BCUT2D eigenvalue weighted by atomic mass is 10.2. The fourth-order valence-electron chi connectivity index (χ4n) is 2.54. The van der Waals surface area contributed by atoms with E-state index >= 15 is 0 Å². The van der Waals surface area contributed by atoms with Gasteiger partial charge in [-0.05, 0) is 24.6 Å². The normalized spacial score (nSPS) is 18.0. The van der Waals surface area contributed by atoms with E-state index in [0.29, 0.717) is 23.9 Å². The van der Waals surface area contributed by atoms with Crippen LogP contribution in [-0.2, 0) is 6.61 Å². The second-order valence-electron chi connectivity index (χ2n) is 5.06. The van der Waals surface area contributed by atoms with Gasteiger partial charge >= 0.3 is 0 Å². The minimum Gasteiger partial charge on any atom is -0.390 e. The molecule has 0 saturated carbocycles. The van der Waals surface area contributed by atoms with E-state index in [2.05, 4.69) is 15.3 Å². The maximum Gasteiger partial charge on any atom is 0.223 e. The van der Waals surface area contributed by atoms with Gasteiger partial charge in [0.2, 0.25) is 5.95 Å². The van der Waals surface area contributed by atoms with E-state index in [1.807, 2.05) is 11.0 Å². The van der Waals surface area contributed by atoms with Gasteiger partial charge < -0.3 is 15.3 Å². The highest BCUT2D eigenvalue weighted by Crippen LogP contribution is 2.24. The summed E-state index contributed by atoms with van der Waals surface area (Å²) in [5.41, 5.74) is 1.21. The lowest BCUT2D eigenvalue weighted by Gasteiger charge is -2.19. The van der Waals surface area contributed by atoms with Gasteiger partial charge in [0.05, 0.1) is 18.0 Å². The number of nitrogens with zero attached hydrogens (tertiary/aromatic N) is 3. The highest BCUT2D eigenvalue weighted by molar-refractivity contribution is 5.49. The highest BCUT2D eigenvalue weighted by Gasteiger charge is 2.24. The zero-order valence-electron chi connectivity index (χ0n) is 11.5. The Kier molecular flexibility index (Phi) is 3.96. The Morgan fingerprint density at radius 1 is 1.33 bits per heavy atom. The Morgan fingerprint density at radius 3 is 3.00 bits per heavy atom. The predicted octanol–water partition coefficient (Wildman–Crippen LogP) is 1.80. The summed E-state index contributed by atoms with van der Waals surface area (Å²) in [4.78, 5) is 10.4. The van der Waals surface area contributed by atoms with Gasteiger partial charge in [-0.2, -0.15) is 0 Å². The van der Waals surface area contributed by atoms with Gasteiger partial charge in [0, 0.05) is 25.3 Å². The molecule has 0 radical (unpaired) electrons. The molecule has 1 fully saturated rings. The Labute approximate surface area is 122 Å². The lowest BCUT2D eigenvalue weighted by Crippen LogP contribution is -2.27. The van der Waals surface area contributed by atoms with Crippen LogP contribution in [0.3, 0.4) is 0 Å². The molecule has 1 atom stereocenters. The zero-order valence-corrected chi connectivity index (χ0v) is 11.5. The topological polar surface area (TPSA) is 61.3 Å². The molecule has 0 bridgehead atoms. The van der Waals surface area contributed by atoms with Crippen molar-refractivity contribution in [3.8, 4) is 0 Å². The van der Waals surface area contributed by atoms with Crippen LogP contribution in [0.5, 0.6) is 0 Å². The molecule has 1 aliphatic heterocycles. The second kappa shape index (κ2) is 6.05. The van der Waals surface area contributed by atoms with Gasteiger partial charge in [-0.1, -0.05) is 12.1 Å². The summed E-state index contributed by atoms with van der Waals surface area (Å²) in [6, 6.07) is 8.64. The maximum absolute atomic E-state index is 13.8. The van der Waals surface area contributed by atoms with Crippen molar-refractivity contribution in [2.45, 2.75) is 19.1 Å². The molecule has 0 aliphatic carbocycles. The van der Waals surface area contributed by atoms with Crippen LogP contribution in [0, 0.1) is 5.82 Å². The Balaban J connectivity index is 1.66. The standard InChI is InChI=1S/C15H17FN4O/c16-13-3-1-2-4-14(13)20-8-6-11(9-20)18-15-17-7-5-12(10-21)19-15/h1-5,7,11,21H,6,8-10H2,(H,17,18,19). The third kappa shape index (κ3) is 3.11. The van der Waals surface area contributed by atoms with E-state index in [4.69, 9.17) is 5.11 Å². The average Bonchev–Trinajstić information content (AvgIpc) is 2.96. The van der Waals surface area contributed by atoms with E-state index in [1.54, 1.807) is 24.4 Å². The molecule has 1 aliphatic rings. The van der Waals surface area contributed by atoms with E-state index in [1.165, 1.54) is 6.07 Å². The van der Waals surface area contributed by atoms with Crippen LogP contribution < -0.4 is 10.2 Å². The van der Waals surface area contributed by atoms with Crippen LogP contribution in [0.4, 0.5) is 16.0 Å². The molecule has 6 heteroatoms. The van der Waals surface area contributed by atoms with Gasteiger partial charge in [0.15, 0.2) is 0 Å². The Hall–Kier alpha value is -2.21. The van der Waals surface area contributed by atoms with Crippen LogP contribution in [0.1, 0.15) is 12.1 Å². The quantitative estimate of drug-likeness (QED) is 0.898. The molecule has 0 amide bonds. The average molecular weight is 288 g/mol. The largest absolute Gasteiger partial charge is 0.390 e. The first-order valence-corrected chi connectivity index (χ1v) is 6.95. The van der Waals surface area contributed by atoms with Crippen molar-refractivity contribution in [3.63, 3.8) is 0 Å². The van der Waals surface area contributed by atoms with Crippen LogP contribution in [0.25, 0.3) is 0 Å². The van der Waals surface area contributed by atoms with Crippen molar-refractivity contribution >= 4 is 11.6 Å². The smallest absolute Gasteiger partial charge is 0.223 e. The minimum atomic E-state index is -0.198. The van der Waals surface area contributed by atoms with Crippen molar-refractivity contribution in [1.82, 2.24) is 9.97 Å². The summed E-state index contributed by atoms with van der Waals surface area (Å²) >= 11 is 0. The summed E-state index contributed by atoms with van der Waals surface area (Å²) < 4.78 is 13.8. The molecule has 2 heterocycles. The van der Waals surface area contributed by atoms with Crippen molar-refractivity contribution < 1.29 is 9.50 Å². The SMILES string of the molecule is OCc1ccnc(NC2CCN(c3ccccc3F)C2)n1. The summed E-state index contributed by atoms with van der Waals surface area (Å²) in [6.07, 6.45) is 2.51. The van der Waals surface area contributed by atoms with Gasteiger partial charge in [0.1, 0.15) is 5.82 Å². The number of halogens is 1. The minimum absolute atomic E-state index is 0.108. The van der Waals surface area contributed by atoms with E-state index < -0.39 is 0 Å². The van der Waals surface area contributed by atoms with E-state index in [-0.39, 0.29) is 18.5 Å². The number of anilines is 2. The fraction of sp³-hybridized carbons (Fsp3) is 0.333. The number of aliphatic hydroxyl groups excluding tert-OH is 1. The third-order valence-corrected chi connectivity index (χ3v) is 3.59. The molecule has 2 aromatic rings. The maximum atomic E-state index is 13.8. The number of benzene rings is 1. The van der Waals surface area contributed by atoms with Gasteiger partial charge in [-0.3, -0.25) is 0 Å². The van der Waals surface area contributed by atoms with Crippen LogP contribution in [0.2, 0.25) is 0 Å². The summed E-state index contributed by atoms with van der Waals surface area (Å²) in [5.74, 6) is 0.304. The van der Waals surface area contributed by atoms with Crippen molar-refractivity contribution in [2.75, 3.05) is 23.3 Å². The molecule has 21 heavy (non-hydrogen) atoms. The van der Waals surface area contributed by atoms with Gasteiger partial charge in [-0.25, -0.2) is 14.4 Å². The fourth-order valence-corrected chi connectivity index (χ4v) is 2.54. The number of hydrogen-bond donors (Lipinski definition) is 2. The molecular formula is C15H17FN4O. The Morgan fingerprint density at radius 2 is 2.19 bits per heavy atom. The summed E-state index contributed by atoms with van der Waals surface area (Å²) in [7, 11) is 0. The summed E-state index contributed by atoms with van der Waals surface area (Å²) in [5, 5.41) is 12.3. The van der Waals surface area contributed by atoms with Crippen molar-refractivity contribution in [3.05, 3.63) is 48.0 Å². The number of aromatic nitrogens is 2. The van der Waals surface area contributed by atoms with Crippen LogP contribution in [0.15, 0.2) is 36.5 Å². The third-order valence-electron chi connectivity index (χ3n) is 3.59. The highest BCUT2D eigenvalue weighted by atomic mass is 19.1. The molecule has 3 rings (SSSR count). The first-order valence-electron chi connectivity index (χ1n) is 6.95. The summed E-state index contributed by atoms with van der Waals surface area (Å²) in [6.45, 7) is 1.38. The molecular weight excluding hydrogens is 271 g/mol. The number of hydrogen-bond acceptors (Lipinski definition) is 5. The van der Waals surface area contributed by atoms with Crippen molar-refractivity contribution in [1.29, 1.82) is 0 Å². The molecule has 2 N–H and O–H groups in total. The molecule has 5 nitrogen and oxygen atoms in total. The van der Waals surface area contributed by atoms with Crippen LogP contribution in [-0.4, -0.2) is 34.2 Å². The second-order valence-corrected chi connectivity index (χ2v) is 5.06. The first-order chi connectivity index (χ1) is 10.3. The van der Waals surface area contributed by atoms with Crippen LogP contribution >= 0.6 is 0 Å². The molecule has 0 spiro atoms. The number of rotatable bonds is 4. The zero-order chi connectivity index (χ0) is 14.7. The first kappa shape index (κ1) is 13.8. The van der Waals surface area contributed by atoms with Gasteiger partial charge in [0.25, 0.3) is 0 Å². The van der Waals surface area contributed by atoms with E-state index in [9.17, 15) is 4.39 Å². The number of nitrogens with one attached hydrogen (secondary N) is 1. The Bertz CT molecular complexity index is 622. The predicted molar refractivity (Wildman–Crippen MR) is 78.6 cm³/mol. The molecule has 1 saturated heterocycles. The number of aliphatic hydroxyl groups is 1. The molecule has 110 valence electrons. The van der Waals surface area contributed by atoms with Crippen molar-refractivity contribution in [2.24, 2.45) is 0 Å². The van der Waals surface area contributed by atoms with Gasteiger partial charge in [-0.15, -0.1) is 0 Å².